The third kappa shape index (κ3) is 5.15. The lowest BCUT2D eigenvalue weighted by Crippen LogP contribution is -2.34. The van der Waals surface area contributed by atoms with Gasteiger partial charge in [0.15, 0.2) is 6.61 Å². The summed E-state index contributed by atoms with van der Waals surface area (Å²) in [4.78, 5) is 18.5. The summed E-state index contributed by atoms with van der Waals surface area (Å²) in [5.74, 6) is 1.22. The highest BCUT2D eigenvalue weighted by atomic mass is 79.9. The predicted molar refractivity (Wildman–Crippen MR) is 115 cm³/mol. The maximum Gasteiger partial charge on any atom is 0.260 e. The SMILES string of the molecule is O=C(COc1ccc(-c2ccccc2)cc1)N1CCC(Oc2ccc(Br)cn2)C1. The molecule has 1 unspecified atom stereocenters. The second-order valence-electron chi connectivity index (χ2n) is 6.86. The van der Waals surface area contributed by atoms with E-state index in [1.165, 1.54) is 0 Å². The van der Waals surface area contributed by atoms with Crippen LogP contribution in [0.25, 0.3) is 11.1 Å². The number of aromatic nitrogens is 1. The molecule has 0 radical (unpaired) electrons. The lowest BCUT2D eigenvalue weighted by Gasteiger charge is -2.17. The first-order valence-electron chi connectivity index (χ1n) is 9.52. The molecule has 0 aliphatic carbocycles. The minimum absolute atomic E-state index is 0.0218. The Hall–Kier alpha value is -2.86. The summed E-state index contributed by atoms with van der Waals surface area (Å²) < 4.78 is 12.5. The van der Waals surface area contributed by atoms with E-state index in [9.17, 15) is 4.79 Å². The lowest BCUT2D eigenvalue weighted by atomic mass is 10.1. The quantitative estimate of drug-likeness (QED) is 0.549. The Morgan fingerprint density at radius 2 is 1.79 bits per heavy atom. The monoisotopic (exact) mass is 452 g/mol. The molecular weight excluding hydrogens is 432 g/mol. The predicted octanol–water partition coefficient (Wildman–Crippen LogP) is 4.57. The molecule has 6 heteroatoms. The molecule has 1 saturated heterocycles. The average Bonchev–Trinajstić information content (AvgIpc) is 3.23. The Bertz CT molecular complexity index is 946. The molecule has 0 bridgehead atoms. The number of ether oxygens (including phenoxy) is 2. The summed E-state index contributed by atoms with van der Waals surface area (Å²) in [6.45, 7) is 1.23. The Morgan fingerprint density at radius 1 is 1.03 bits per heavy atom. The van der Waals surface area contributed by atoms with E-state index in [0.29, 0.717) is 24.7 Å². The molecule has 29 heavy (non-hydrogen) atoms. The molecule has 0 spiro atoms. The second-order valence-corrected chi connectivity index (χ2v) is 7.78. The summed E-state index contributed by atoms with van der Waals surface area (Å²) >= 11 is 3.35. The molecule has 3 aromatic rings. The van der Waals surface area contributed by atoms with Crippen molar-refractivity contribution in [2.75, 3.05) is 19.7 Å². The Kier molecular flexibility index (Phi) is 6.10. The van der Waals surface area contributed by atoms with E-state index >= 15 is 0 Å². The Labute approximate surface area is 178 Å². The molecule has 1 aromatic heterocycles. The van der Waals surface area contributed by atoms with Gasteiger partial charge in [-0.15, -0.1) is 0 Å². The van der Waals surface area contributed by atoms with Gasteiger partial charge < -0.3 is 14.4 Å². The summed E-state index contributed by atoms with van der Waals surface area (Å²) in [6, 6.07) is 21.6. The number of rotatable bonds is 6. The molecule has 148 valence electrons. The van der Waals surface area contributed by atoms with E-state index in [2.05, 4.69) is 33.0 Å². The van der Waals surface area contributed by atoms with Crippen LogP contribution in [-0.2, 0) is 4.79 Å². The first-order chi connectivity index (χ1) is 14.2. The van der Waals surface area contributed by atoms with Gasteiger partial charge in [0.25, 0.3) is 5.91 Å². The van der Waals surface area contributed by atoms with Gasteiger partial charge in [0, 0.05) is 29.7 Å². The molecule has 0 saturated carbocycles. The van der Waals surface area contributed by atoms with Gasteiger partial charge in [-0.2, -0.15) is 0 Å². The van der Waals surface area contributed by atoms with Crippen LogP contribution in [0.5, 0.6) is 11.6 Å². The topological polar surface area (TPSA) is 51.7 Å². The number of benzene rings is 2. The number of hydrogen-bond donors (Lipinski definition) is 0. The standard InChI is InChI=1S/C23H21BrN2O3/c24-19-8-11-22(25-14-19)29-21-12-13-26(15-21)23(27)16-28-20-9-6-18(7-10-20)17-4-2-1-3-5-17/h1-11,14,21H,12-13,15-16H2. The lowest BCUT2D eigenvalue weighted by molar-refractivity contribution is -0.132. The molecule has 4 rings (SSSR count). The van der Waals surface area contributed by atoms with Crippen molar-refractivity contribution in [3.8, 4) is 22.8 Å². The summed E-state index contributed by atoms with van der Waals surface area (Å²) in [6.07, 6.45) is 2.44. The highest BCUT2D eigenvalue weighted by molar-refractivity contribution is 9.10. The van der Waals surface area contributed by atoms with Crippen LogP contribution in [0.3, 0.4) is 0 Å². The van der Waals surface area contributed by atoms with Gasteiger partial charge in [-0.05, 0) is 45.3 Å². The number of likely N-dealkylation sites (tertiary alicyclic amines) is 1. The third-order valence-corrected chi connectivity index (χ3v) is 5.28. The first kappa shape index (κ1) is 19.5. The maximum atomic E-state index is 12.5. The molecule has 1 atom stereocenters. The fourth-order valence-corrected chi connectivity index (χ4v) is 3.50. The van der Waals surface area contributed by atoms with E-state index in [-0.39, 0.29) is 18.6 Å². The molecule has 2 heterocycles. The highest BCUT2D eigenvalue weighted by Gasteiger charge is 2.28. The molecular formula is C23H21BrN2O3. The van der Waals surface area contributed by atoms with Crippen molar-refractivity contribution < 1.29 is 14.3 Å². The smallest absolute Gasteiger partial charge is 0.260 e. The van der Waals surface area contributed by atoms with Crippen LogP contribution in [0.15, 0.2) is 77.4 Å². The van der Waals surface area contributed by atoms with E-state index in [1.807, 2.05) is 54.6 Å². The number of pyridine rings is 1. The van der Waals surface area contributed by atoms with Gasteiger partial charge in [0.2, 0.25) is 5.88 Å². The minimum atomic E-state index is -0.0437. The summed E-state index contributed by atoms with van der Waals surface area (Å²) in [5, 5.41) is 0. The molecule has 1 aliphatic rings. The van der Waals surface area contributed by atoms with Crippen LogP contribution in [0.4, 0.5) is 0 Å². The molecule has 1 fully saturated rings. The van der Waals surface area contributed by atoms with Crippen molar-refractivity contribution in [3.05, 3.63) is 77.4 Å². The molecule has 1 aliphatic heterocycles. The second kappa shape index (κ2) is 9.09. The van der Waals surface area contributed by atoms with E-state index in [1.54, 1.807) is 11.1 Å². The van der Waals surface area contributed by atoms with Crippen LogP contribution >= 0.6 is 15.9 Å². The highest BCUT2D eigenvalue weighted by Crippen LogP contribution is 2.22. The summed E-state index contributed by atoms with van der Waals surface area (Å²) in [5.41, 5.74) is 2.27. The first-order valence-corrected chi connectivity index (χ1v) is 10.3. The normalized spacial score (nSPS) is 15.9. The number of nitrogens with zero attached hydrogens (tertiary/aromatic N) is 2. The van der Waals surface area contributed by atoms with Crippen molar-refractivity contribution in [1.29, 1.82) is 0 Å². The summed E-state index contributed by atoms with van der Waals surface area (Å²) in [7, 11) is 0. The van der Waals surface area contributed by atoms with Crippen LogP contribution in [0.1, 0.15) is 6.42 Å². The number of hydrogen-bond acceptors (Lipinski definition) is 4. The van der Waals surface area contributed by atoms with Crippen LogP contribution in [-0.4, -0.2) is 41.6 Å². The van der Waals surface area contributed by atoms with E-state index in [4.69, 9.17) is 9.47 Å². The molecule has 0 N–H and O–H groups in total. The van der Waals surface area contributed by atoms with Crippen LogP contribution < -0.4 is 9.47 Å². The van der Waals surface area contributed by atoms with Crippen molar-refractivity contribution in [3.63, 3.8) is 0 Å². The zero-order valence-corrected chi connectivity index (χ0v) is 17.4. The van der Waals surface area contributed by atoms with Crippen LogP contribution in [0, 0.1) is 0 Å². The zero-order valence-electron chi connectivity index (χ0n) is 15.8. The Morgan fingerprint density at radius 3 is 2.52 bits per heavy atom. The zero-order chi connectivity index (χ0) is 20.1. The minimum Gasteiger partial charge on any atom is -0.484 e. The Balaban J connectivity index is 1.26. The van der Waals surface area contributed by atoms with Crippen molar-refractivity contribution in [2.24, 2.45) is 0 Å². The largest absolute Gasteiger partial charge is 0.484 e. The number of carbonyl (C=O) groups excluding carboxylic acids is 1. The van der Waals surface area contributed by atoms with Gasteiger partial charge in [0.05, 0.1) is 6.54 Å². The molecule has 5 nitrogen and oxygen atoms in total. The molecule has 1 amide bonds. The fraction of sp³-hybridized carbons (Fsp3) is 0.217. The number of halogens is 1. The number of amides is 1. The van der Waals surface area contributed by atoms with Crippen molar-refractivity contribution >= 4 is 21.8 Å². The van der Waals surface area contributed by atoms with E-state index < -0.39 is 0 Å². The number of carbonyl (C=O) groups is 1. The van der Waals surface area contributed by atoms with Gasteiger partial charge in [-0.25, -0.2) is 4.98 Å². The third-order valence-electron chi connectivity index (χ3n) is 4.81. The van der Waals surface area contributed by atoms with Gasteiger partial charge in [0.1, 0.15) is 11.9 Å². The van der Waals surface area contributed by atoms with Crippen LogP contribution in [0.2, 0.25) is 0 Å². The molecule has 2 aromatic carbocycles. The average molecular weight is 453 g/mol. The maximum absolute atomic E-state index is 12.5. The van der Waals surface area contributed by atoms with E-state index in [0.717, 1.165) is 22.0 Å². The van der Waals surface area contributed by atoms with Crippen molar-refractivity contribution in [2.45, 2.75) is 12.5 Å². The fourth-order valence-electron chi connectivity index (χ4n) is 3.26. The van der Waals surface area contributed by atoms with Crippen molar-refractivity contribution in [1.82, 2.24) is 9.88 Å². The van der Waals surface area contributed by atoms with Gasteiger partial charge >= 0.3 is 0 Å². The van der Waals surface area contributed by atoms with Gasteiger partial charge in [-0.1, -0.05) is 42.5 Å². The van der Waals surface area contributed by atoms with Gasteiger partial charge in [-0.3, -0.25) is 4.79 Å².